The predicted octanol–water partition coefficient (Wildman–Crippen LogP) is 2.06. The minimum Gasteiger partial charge on any atom is -0.483 e. The number of likely N-dealkylation sites (tertiary alicyclic amines) is 1. The fourth-order valence-electron chi connectivity index (χ4n) is 5.29. The van der Waals surface area contributed by atoms with Gasteiger partial charge in [0.1, 0.15) is 0 Å². The molecule has 5 atom stereocenters. The number of H-pyrrole nitrogens is 1. The lowest BCUT2D eigenvalue weighted by Gasteiger charge is -2.37. The maximum atomic E-state index is 13.2. The van der Waals surface area contributed by atoms with Crippen molar-refractivity contribution in [1.82, 2.24) is 20.2 Å². The van der Waals surface area contributed by atoms with E-state index >= 15 is 0 Å². The van der Waals surface area contributed by atoms with Crippen molar-refractivity contribution >= 4 is 18.3 Å². The molecule has 2 heterocycles. The molecule has 1 aromatic rings. The number of carbonyl (C=O) groups is 3. The molecular formula is C22H34N4O5. The zero-order valence-corrected chi connectivity index (χ0v) is 18.2. The Balaban J connectivity index is 0.000000858. The Labute approximate surface area is 182 Å². The molecular weight excluding hydrogens is 400 g/mol. The summed E-state index contributed by atoms with van der Waals surface area (Å²) < 4.78 is 6.01. The van der Waals surface area contributed by atoms with Gasteiger partial charge in [0.15, 0.2) is 5.82 Å². The van der Waals surface area contributed by atoms with Crippen molar-refractivity contribution in [3.63, 3.8) is 0 Å². The topological polar surface area (TPSA) is 125 Å². The number of amides is 2. The number of carbonyl (C=O) groups excluding carboxylic acids is 2. The summed E-state index contributed by atoms with van der Waals surface area (Å²) in [6.45, 7) is 4.36. The van der Waals surface area contributed by atoms with E-state index < -0.39 is 0 Å². The van der Waals surface area contributed by atoms with Crippen LogP contribution in [0.25, 0.3) is 0 Å². The summed E-state index contributed by atoms with van der Waals surface area (Å²) in [7, 11) is 0. The third-order valence-corrected chi connectivity index (χ3v) is 6.74. The lowest BCUT2D eigenvalue weighted by molar-refractivity contribution is -0.137. The van der Waals surface area contributed by atoms with Gasteiger partial charge >= 0.3 is 0 Å². The van der Waals surface area contributed by atoms with Crippen LogP contribution < -0.4 is 5.32 Å². The Hall–Kier alpha value is -2.42. The molecule has 2 saturated carbocycles. The number of hydrogen-bond acceptors (Lipinski definition) is 5. The first-order valence-electron chi connectivity index (χ1n) is 11.4. The number of carboxylic acid groups (broad SMARTS) is 1. The van der Waals surface area contributed by atoms with E-state index in [-0.39, 0.29) is 36.4 Å². The molecule has 9 nitrogen and oxygen atoms in total. The Morgan fingerprint density at radius 3 is 2.61 bits per heavy atom. The van der Waals surface area contributed by atoms with Gasteiger partial charge in [-0.2, -0.15) is 0 Å². The number of nitrogens with one attached hydrogen (secondary N) is 2. The predicted molar refractivity (Wildman–Crippen MR) is 113 cm³/mol. The van der Waals surface area contributed by atoms with E-state index in [4.69, 9.17) is 14.6 Å². The standard InChI is InChI=1S/C21H32N4O3.CH2O2/c1-2-10-28-18-7-6-14(11-17(18)24-20(26)19-22-8-9-23-19)21(27)25-12-15-4-3-5-16(15)13-25;2-1-3/h8-9,14-18H,2-7,10-13H2,1H3,(H,22,23)(H,24,26);1H,(H,2,3)/t14-,15-,16+,17+,18+;/m0./s1. The quantitative estimate of drug-likeness (QED) is 0.589. The SMILES string of the molecule is CCCO[C@@H]1CC[C@H](C(=O)N2C[C@H]3CCC[C@H]3C2)C[C@H]1NC(=O)c1ncc[nH]1.O=CO. The Kier molecular flexibility index (Phi) is 8.45. The monoisotopic (exact) mass is 434 g/mol. The van der Waals surface area contributed by atoms with Gasteiger partial charge < -0.3 is 25.0 Å². The van der Waals surface area contributed by atoms with Crippen LogP contribution in [0.2, 0.25) is 0 Å². The Morgan fingerprint density at radius 1 is 1.29 bits per heavy atom. The average molecular weight is 435 g/mol. The maximum absolute atomic E-state index is 13.2. The summed E-state index contributed by atoms with van der Waals surface area (Å²) in [5, 5.41) is 9.96. The Morgan fingerprint density at radius 2 is 2.00 bits per heavy atom. The van der Waals surface area contributed by atoms with Gasteiger partial charge in [0.05, 0.1) is 12.1 Å². The number of nitrogens with zero attached hydrogens (tertiary/aromatic N) is 2. The van der Waals surface area contributed by atoms with Crippen molar-refractivity contribution in [2.45, 2.75) is 64.0 Å². The molecule has 4 rings (SSSR count). The zero-order chi connectivity index (χ0) is 22.2. The molecule has 0 unspecified atom stereocenters. The van der Waals surface area contributed by atoms with E-state index in [1.54, 1.807) is 12.4 Å². The molecule has 1 saturated heterocycles. The van der Waals surface area contributed by atoms with E-state index in [0.717, 1.165) is 32.4 Å². The van der Waals surface area contributed by atoms with Crippen LogP contribution >= 0.6 is 0 Å². The number of fused-ring (bicyclic) bond motifs is 1. The van der Waals surface area contributed by atoms with Crippen LogP contribution in [0.3, 0.4) is 0 Å². The first-order valence-corrected chi connectivity index (χ1v) is 11.4. The molecule has 1 aliphatic heterocycles. The molecule has 3 N–H and O–H groups in total. The van der Waals surface area contributed by atoms with Gasteiger partial charge in [0.2, 0.25) is 5.91 Å². The number of rotatable bonds is 6. The summed E-state index contributed by atoms with van der Waals surface area (Å²) in [5.41, 5.74) is 0. The first kappa shape index (κ1) is 23.2. The molecule has 31 heavy (non-hydrogen) atoms. The van der Waals surface area contributed by atoms with Crippen LogP contribution in [-0.2, 0) is 14.3 Å². The fourth-order valence-corrected chi connectivity index (χ4v) is 5.29. The molecule has 0 radical (unpaired) electrons. The van der Waals surface area contributed by atoms with Crippen LogP contribution in [0.1, 0.15) is 62.5 Å². The van der Waals surface area contributed by atoms with E-state index in [9.17, 15) is 9.59 Å². The van der Waals surface area contributed by atoms with Crippen LogP contribution in [0.15, 0.2) is 12.4 Å². The van der Waals surface area contributed by atoms with Crippen molar-refractivity contribution in [1.29, 1.82) is 0 Å². The van der Waals surface area contributed by atoms with Crippen molar-refractivity contribution in [3.05, 3.63) is 18.2 Å². The molecule has 172 valence electrons. The summed E-state index contributed by atoms with van der Waals surface area (Å²) in [6, 6.07) is -0.158. The second-order valence-electron chi connectivity index (χ2n) is 8.74. The second kappa shape index (κ2) is 11.3. The van der Waals surface area contributed by atoms with E-state index in [1.165, 1.54) is 19.3 Å². The highest BCUT2D eigenvalue weighted by molar-refractivity contribution is 5.90. The van der Waals surface area contributed by atoms with Gasteiger partial charge in [-0.3, -0.25) is 14.4 Å². The van der Waals surface area contributed by atoms with E-state index in [0.29, 0.717) is 30.7 Å². The lowest BCUT2D eigenvalue weighted by atomic mass is 9.82. The number of imidazole rings is 1. The third-order valence-electron chi connectivity index (χ3n) is 6.74. The average Bonchev–Trinajstić information content (AvgIpc) is 3.50. The first-order chi connectivity index (χ1) is 15.1. The number of hydrogen-bond donors (Lipinski definition) is 3. The Bertz CT molecular complexity index is 713. The zero-order valence-electron chi connectivity index (χ0n) is 18.2. The molecule has 0 aromatic carbocycles. The van der Waals surface area contributed by atoms with Crippen LogP contribution in [0, 0.1) is 17.8 Å². The molecule has 1 aromatic heterocycles. The summed E-state index contributed by atoms with van der Waals surface area (Å²) >= 11 is 0. The molecule has 3 aliphatic rings. The minimum absolute atomic E-state index is 0.0257. The van der Waals surface area contributed by atoms with Gasteiger partial charge in [0, 0.05) is 38.0 Å². The van der Waals surface area contributed by atoms with Crippen LogP contribution in [-0.4, -0.2) is 70.1 Å². The van der Waals surface area contributed by atoms with Gasteiger partial charge in [-0.25, -0.2) is 4.98 Å². The smallest absolute Gasteiger partial charge is 0.290 e. The highest BCUT2D eigenvalue weighted by Gasteiger charge is 2.42. The highest BCUT2D eigenvalue weighted by atomic mass is 16.5. The summed E-state index contributed by atoms with van der Waals surface area (Å²) in [6.07, 6.45) is 10.3. The maximum Gasteiger partial charge on any atom is 0.290 e. The number of aromatic amines is 1. The third kappa shape index (κ3) is 5.84. The van der Waals surface area contributed by atoms with Crippen molar-refractivity contribution in [3.8, 4) is 0 Å². The highest BCUT2D eigenvalue weighted by Crippen LogP contribution is 2.39. The van der Waals surface area contributed by atoms with Gasteiger partial charge in [-0.05, 0) is 50.4 Å². The van der Waals surface area contributed by atoms with E-state index in [1.807, 2.05) is 0 Å². The van der Waals surface area contributed by atoms with Gasteiger partial charge in [-0.1, -0.05) is 13.3 Å². The molecule has 0 bridgehead atoms. The van der Waals surface area contributed by atoms with E-state index in [2.05, 4.69) is 27.1 Å². The fraction of sp³-hybridized carbons (Fsp3) is 0.727. The summed E-state index contributed by atoms with van der Waals surface area (Å²) in [5.74, 6) is 1.74. The second-order valence-corrected chi connectivity index (χ2v) is 8.74. The van der Waals surface area contributed by atoms with Crippen molar-refractivity contribution in [2.24, 2.45) is 17.8 Å². The number of ether oxygens (including phenoxy) is 1. The molecule has 2 aliphatic carbocycles. The number of aromatic nitrogens is 2. The van der Waals surface area contributed by atoms with Gasteiger partial charge in [0.25, 0.3) is 12.4 Å². The molecule has 2 amide bonds. The molecule has 9 heteroatoms. The van der Waals surface area contributed by atoms with Crippen molar-refractivity contribution < 1.29 is 24.2 Å². The molecule has 0 spiro atoms. The van der Waals surface area contributed by atoms with Crippen molar-refractivity contribution in [2.75, 3.05) is 19.7 Å². The molecule has 3 fully saturated rings. The van der Waals surface area contributed by atoms with Gasteiger partial charge in [-0.15, -0.1) is 0 Å². The minimum atomic E-state index is -0.250. The van der Waals surface area contributed by atoms with Crippen LogP contribution in [0.4, 0.5) is 0 Å². The summed E-state index contributed by atoms with van der Waals surface area (Å²) in [4.78, 5) is 43.0. The van der Waals surface area contributed by atoms with Crippen LogP contribution in [0.5, 0.6) is 0 Å². The lowest BCUT2D eigenvalue weighted by Crippen LogP contribution is -2.51. The normalized spacial score (nSPS) is 29.6. The largest absolute Gasteiger partial charge is 0.483 e.